The second-order valence-electron chi connectivity index (χ2n) is 1.25. The van der Waals surface area contributed by atoms with E-state index in [4.69, 9.17) is 0 Å². The SMILES string of the molecule is C=CCC(=O)/C=C/I. The molecule has 0 heterocycles. The van der Waals surface area contributed by atoms with Crippen molar-refractivity contribution in [1.29, 1.82) is 0 Å². The predicted octanol–water partition coefficient (Wildman–Crippen LogP) is 2.08. The standard InChI is InChI=1S/C6H7IO/c1-2-3-6(8)4-5-7/h2,4-5H,1,3H2/b5-4+. The summed E-state index contributed by atoms with van der Waals surface area (Å²) in [6.45, 7) is 3.43. The van der Waals surface area contributed by atoms with Gasteiger partial charge in [0.15, 0.2) is 5.78 Å². The third-order valence-corrected chi connectivity index (χ3v) is 0.954. The lowest BCUT2D eigenvalue weighted by atomic mass is 10.3. The number of ketones is 1. The first-order valence-corrected chi connectivity index (χ1v) is 3.46. The van der Waals surface area contributed by atoms with Gasteiger partial charge in [-0.15, -0.1) is 6.58 Å². The van der Waals surface area contributed by atoms with Crippen LogP contribution in [0.4, 0.5) is 0 Å². The van der Waals surface area contributed by atoms with Gasteiger partial charge in [-0.25, -0.2) is 0 Å². The lowest BCUT2D eigenvalue weighted by molar-refractivity contribution is -0.113. The zero-order chi connectivity index (χ0) is 6.41. The van der Waals surface area contributed by atoms with Gasteiger partial charge in [0.25, 0.3) is 0 Å². The Morgan fingerprint density at radius 2 is 2.38 bits per heavy atom. The molecule has 0 fully saturated rings. The Kier molecular flexibility index (Phi) is 4.95. The Bertz CT molecular complexity index is 116. The third-order valence-electron chi connectivity index (χ3n) is 0.594. The van der Waals surface area contributed by atoms with Crippen LogP contribution in [-0.2, 0) is 4.79 Å². The van der Waals surface area contributed by atoms with Crippen LogP contribution in [0.1, 0.15) is 6.42 Å². The quantitative estimate of drug-likeness (QED) is 0.406. The lowest BCUT2D eigenvalue weighted by Gasteiger charge is -1.80. The van der Waals surface area contributed by atoms with E-state index >= 15 is 0 Å². The molecule has 0 radical (unpaired) electrons. The Balaban J connectivity index is 3.48. The molecule has 0 aliphatic rings. The molecule has 0 bridgehead atoms. The highest BCUT2D eigenvalue weighted by Gasteiger charge is 1.86. The summed E-state index contributed by atoms with van der Waals surface area (Å²) in [5.74, 6) is 0.106. The molecule has 0 atom stereocenters. The third kappa shape index (κ3) is 4.05. The van der Waals surface area contributed by atoms with E-state index in [1.54, 1.807) is 10.2 Å². The highest BCUT2D eigenvalue weighted by Crippen LogP contribution is 1.89. The van der Waals surface area contributed by atoms with Gasteiger partial charge in [-0.05, 0) is 10.2 Å². The van der Waals surface area contributed by atoms with Crippen molar-refractivity contribution < 1.29 is 4.79 Å². The van der Waals surface area contributed by atoms with Crippen LogP contribution in [0, 0.1) is 0 Å². The van der Waals surface area contributed by atoms with Crippen LogP contribution in [0.3, 0.4) is 0 Å². The molecule has 1 nitrogen and oxygen atoms in total. The first-order chi connectivity index (χ1) is 3.81. The van der Waals surface area contributed by atoms with Crippen molar-refractivity contribution in [1.82, 2.24) is 0 Å². The van der Waals surface area contributed by atoms with E-state index in [9.17, 15) is 4.79 Å². The van der Waals surface area contributed by atoms with Crippen molar-refractivity contribution in [2.75, 3.05) is 0 Å². The van der Waals surface area contributed by atoms with Crippen molar-refractivity contribution in [3.8, 4) is 0 Å². The average molecular weight is 222 g/mol. The van der Waals surface area contributed by atoms with Gasteiger partial charge in [-0.2, -0.15) is 0 Å². The highest BCUT2D eigenvalue weighted by atomic mass is 127. The van der Waals surface area contributed by atoms with Gasteiger partial charge in [0, 0.05) is 6.42 Å². The number of rotatable bonds is 3. The average Bonchev–Trinajstić information content (AvgIpc) is 1.68. The molecule has 0 saturated heterocycles. The summed E-state index contributed by atoms with van der Waals surface area (Å²) in [6.07, 6.45) is 3.57. The van der Waals surface area contributed by atoms with Crippen LogP contribution in [0.25, 0.3) is 0 Å². The molecule has 44 valence electrons. The molecule has 0 amide bonds. The van der Waals surface area contributed by atoms with Gasteiger partial charge in [0.05, 0.1) is 0 Å². The predicted molar refractivity (Wildman–Crippen MR) is 43.0 cm³/mol. The second-order valence-corrected chi connectivity index (χ2v) is 1.97. The maximum atomic E-state index is 10.5. The van der Waals surface area contributed by atoms with Crippen molar-refractivity contribution in [2.24, 2.45) is 0 Å². The smallest absolute Gasteiger partial charge is 0.159 e. The molecule has 0 unspecified atom stereocenters. The van der Waals surface area contributed by atoms with Crippen LogP contribution in [0.15, 0.2) is 22.8 Å². The molecule has 0 aromatic heterocycles. The van der Waals surface area contributed by atoms with Crippen LogP contribution in [0.5, 0.6) is 0 Å². The maximum Gasteiger partial charge on any atom is 0.159 e. The molecular formula is C6H7IO. The van der Waals surface area contributed by atoms with E-state index in [0.717, 1.165) is 0 Å². The van der Waals surface area contributed by atoms with Gasteiger partial charge in [-0.1, -0.05) is 28.7 Å². The number of hydrogen-bond donors (Lipinski definition) is 0. The summed E-state index contributed by atoms with van der Waals surface area (Å²) < 4.78 is 1.70. The van der Waals surface area contributed by atoms with Gasteiger partial charge in [-0.3, -0.25) is 4.79 Å². The minimum Gasteiger partial charge on any atom is -0.294 e. The molecule has 0 aromatic carbocycles. The van der Waals surface area contributed by atoms with Crippen LogP contribution in [0.2, 0.25) is 0 Å². The van der Waals surface area contributed by atoms with E-state index in [1.807, 2.05) is 22.6 Å². The molecule has 0 spiro atoms. The maximum absolute atomic E-state index is 10.5. The zero-order valence-corrected chi connectivity index (χ0v) is 6.59. The zero-order valence-electron chi connectivity index (χ0n) is 4.43. The molecule has 2 heteroatoms. The molecule has 0 saturated carbocycles. The summed E-state index contributed by atoms with van der Waals surface area (Å²) in [7, 11) is 0. The molecule has 0 aliphatic carbocycles. The first-order valence-electron chi connectivity index (χ1n) is 2.21. The van der Waals surface area contributed by atoms with Gasteiger partial charge in [0.1, 0.15) is 0 Å². The summed E-state index contributed by atoms with van der Waals surface area (Å²) in [5.41, 5.74) is 0. The van der Waals surface area contributed by atoms with Crippen LogP contribution in [-0.4, -0.2) is 5.78 Å². The number of carbonyl (C=O) groups is 1. The normalized spacial score (nSPS) is 9.62. The summed E-state index contributed by atoms with van der Waals surface area (Å²) in [5, 5.41) is 0. The second kappa shape index (κ2) is 5.03. The first kappa shape index (κ1) is 7.88. The monoisotopic (exact) mass is 222 g/mol. The molecular weight excluding hydrogens is 215 g/mol. The lowest BCUT2D eigenvalue weighted by Crippen LogP contribution is -1.85. The molecule has 0 N–H and O–H groups in total. The number of carbonyl (C=O) groups excluding carboxylic acids is 1. The van der Waals surface area contributed by atoms with Crippen LogP contribution >= 0.6 is 22.6 Å². The number of hydrogen-bond acceptors (Lipinski definition) is 1. The summed E-state index contributed by atoms with van der Waals surface area (Å²) in [4.78, 5) is 10.5. The van der Waals surface area contributed by atoms with Gasteiger partial charge in [0.2, 0.25) is 0 Å². The Morgan fingerprint density at radius 3 is 2.75 bits per heavy atom. The van der Waals surface area contributed by atoms with Crippen molar-refractivity contribution in [3.63, 3.8) is 0 Å². The van der Waals surface area contributed by atoms with E-state index in [0.29, 0.717) is 6.42 Å². The van der Waals surface area contributed by atoms with Crippen molar-refractivity contribution in [3.05, 3.63) is 22.8 Å². The van der Waals surface area contributed by atoms with Gasteiger partial charge < -0.3 is 0 Å². The Labute approximate surface area is 62.6 Å². The van der Waals surface area contributed by atoms with Gasteiger partial charge >= 0.3 is 0 Å². The fourth-order valence-electron chi connectivity index (χ4n) is 0.281. The molecule has 0 aliphatic heterocycles. The minimum absolute atomic E-state index is 0.106. The molecule has 8 heavy (non-hydrogen) atoms. The topological polar surface area (TPSA) is 17.1 Å². The van der Waals surface area contributed by atoms with E-state index in [1.165, 1.54) is 6.08 Å². The van der Waals surface area contributed by atoms with E-state index in [2.05, 4.69) is 6.58 Å². The summed E-state index contributed by atoms with van der Waals surface area (Å²) >= 11 is 2.01. The number of halogens is 1. The van der Waals surface area contributed by atoms with Crippen molar-refractivity contribution >= 4 is 28.4 Å². The molecule has 0 aromatic rings. The fraction of sp³-hybridized carbons (Fsp3) is 0.167. The van der Waals surface area contributed by atoms with Crippen LogP contribution < -0.4 is 0 Å². The largest absolute Gasteiger partial charge is 0.294 e. The molecule has 0 rings (SSSR count). The highest BCUT2D eigenvalue weighted by molar-refractivity contribution is 14.1. The minimum atomic E-state index is 0.106. The summed E-state index contributed by atoms with van der Waals surface area (Å²) in [6, 6.07) is 0. The van der Waals surface area contributed by atoms with E-state index in [-0.39, 0.29) is 5.78 Å². The van der Waals surface area contributed by atoms with E-state index < -0.39 is 0 Å². The fourth-order valence-corrected chi connectivity index (χ4v) is 0.682. The Hall–Kier alpha value is -0.120. The number of allylic oxidation sites excluding steroid dienone is 2. The van der Waals surface area contributed by atoms with Crippen molar-refractivity contribution in [2.45, 2.75) is 6.42 Å². The Morgan fingerprint density at radius 1 is 1.75 bits per heavy atom.